The average molecular weight is 321 g/mol. The van der Waals surface area contributed by atoms with Gasteiger partial charge in [-0.2, -0.15) is 5.10 Å². The first-order valence-corrected chi connectivity index (χ1v) is 7.78. The van der Waals surface area contributed by atoms with Crippen molar-refractivity contribution in [2.45, 2.75) is 13.5 Å². The van der Waals surface area contributed by atoms with Gasteiger partial charge >= 0.3 is 0 Å². The number of benzene rings is 2. The number of nitrogens with zero attached hydrogens (tertiary/aromatic N) is 2. The third-order valence-electron chi connectivity index (χ3n) is 3.88. The van der Waals surface area contributed by atoms with Crippen molar-refractivity contribution < 1.29 is 9.53 Å². The van der Waals surface area contributed by atoms with Crippen molar-refractivity contribution in [3.63, 3.8) is 0 Å². The second-order valence-electron chi connectivity index (χ2n) is 5.32. The Labute approximate surface area is 140 Å². The molecule has 122 valence electrons. The van der Waals surface area contributed by atoms with Crippen molar-refractivity contribution in [1.82, 2.24) is 9.99 Å². The Morgan fingerprint density at radius 3 is 2.67 bits per heavy atom. The molecule has 3 rings (SSSR count). The van der Waals surface area contributed by atoms with Gasteiger partial charge in [-0.25, -0.2) is 5.43 Å². The molecule has 0 fully saturated rings. The molecule has 0 atom stereocenters. The summed E-state index contributed by atoms with van der Waals surface area (Å²) in [5.74, 6) is 0.454. The molecule has 1 N–H and O–H groups in total. The van der Waals surface area contributed by atoms with Gasteiger partial charge in [0.05, 0.1) is 13.3 Å². The summed E-state index contributed by atoms with van der Waals surface area (Å²) in [5, 5.41) is 5.20. The number of hydrogen-bond donors (Lipinski definition) is 1. The molecule has 0 radical (unpaired) electrons. The fraction of sp³-hybridized carbons (Fsp3) is 0.158. The van der Waals surface area contributed by atoms with Gasteiger partial charge in [-0.1, -0.05) is 18.2 Å². The van der Waals surface area contributed by atoms with Crippen LogP contribution in [0.5, 0.6) is 5.75 Å². The minimum atomic E-state index is -0.256. The first-order chi connectivity index (χ1) is 11.7. The van der Waals surface area contributed by atoms with Crippen LogP contribution in [0.25, 0.3) is 10.9 Å². The standard InChI is InChI=1S/C19H19N3O2/c1-3-22-13-15(17-6-4-5-7-18(17)22)12-20-21-19(23)14-8-10-16(24-2)11-9-14/h4-13H,3H2,1-2H3,(H,21,23)/b20-12+. The van der Waals surface area contributed by atoms with Crippen molar-refractivity contribution in [3.05, 3.63) is 65.9 Å². The van der Waals surface area contributed by atoms with Crippen molar-refractivity contribution in [2.24, 2.45) is 5.10 Å². The van der Waals surface area contributed by atoms with Gasteiger partial charge in [0.15, 0.2) is 0 Å². The summed E-state index contributed by atoms with van der Waals surface area (Å²) in [6, 6.07) is 15.0. The first kappa shape index (κ1) is 15.8. The van der Waals surface area contributed by atoms with Gasteiger partial charge in [-0.15, -0.1) is 0 Å². The topological polar surface area (TPSA) is 55.6 Å². The highest BCUT2D eigenvalue weighted by molar-refractivity contribution is 6.00. The predicted octanol–water partition coefficient (Wildman–Crippen LogP) is 3.43. The molecule has 1 heterocycles. The minimum Gasteiger partial charge on any atom is -0.497 e. The largest absolute Gasteiger partial charge is 0.497 e. The Bertz CT molecular complexity index is 879. The summed E-state index contributed by atoms with van der Waals surface area (Å²) in [6.07, 6.45) is 3.71. The second-order valence-corrected chi connectivity index (χ2v) is 5.32. The Morgan fingerprint density at radius 1 is 1.21 bits per heavy atom. The number of aryl methyl sites for hydroxylation is 1. The summed E-state index contributed by atoms with van der Waals surface area (Å²) in [6.45, 7) is 2.98. The van der Waals surface area contributed by atoms with E-state index in [1.165, 1.54) is 0 Å². The van der Waals surface area contributed by atoms with Crippen LogP contribution >= 0.6 is 0 Å². The number of hydrazone groups is 1. The summed E-state index contributed by atoms with van der Waals surface area (Å²) in [7, 11) is 1.59. The van der Waals surface area contributed by atoms with E-state index in [-0.39, 0.29) is 5.91 Å². The number of nitrogens with one attached hydrogen (secondary N) is 1. The first-order valence-electron chi connectivity index (χ1n) is 7.78. The summed E-state index contributed by atoms with van der Waals surface area (Å²) in [4.78, 5) is 12.1. The average Bonchev–Trinajstić information content (AvgIpc) is 3.00. The number of carbonyl (C=O) groups excluding carboxylic acids is 1. The lowest BCUT2D eigenvalue weighted by molar-refractivity contribution is 0.0955. The molecule has 0 spiro atoms. The highest BCUT2D eigenvalue weighted by atomic mass is 16.5. The van der Waals surface area contributed by atoms with Crippen LogP contribution in [0, 0.1) is 0 Å². The third-order valence-corrected chi connectivity index (χ3v) is 3.88. The monoisotopic (exact) mass is 321 g/mol. The lowest BCUT2D eigenvalue weighted by Crippen LogP contribution is -2.17. The molecular formula is C19H19N3O2. The van der Waals surface area contributed by atoms with Crippen LogP contribution in [0.2, 0.25) is 0 Å². The van der Waals surface area contributed by atoms with Crippen LogP contribution in [0.4, 0.5) is 0 Å². The fourth-order valence-electron chi connectivity index (χ4n) is 2.61. The normalized spacial score (nSPS) is 11.1. The quantitative estimate of drug-likeness (QED) is 0.578. The van der Waals surface area contributed by atoms with E-state index in [0.717, 1.165) is 23.0 Å². The predicted molar refractivity (Wildman–Crippen MR) is 95.7 cm³/mol. The van der Waals surface area contributed by atoms with Crippen molar-refractivity contribution in [3.8, 4) is 5.75 Å². The number of fused-ring (bicyclic) bond motifs is 1. The van der Waals surface area contributed by atoms with E-state index in [1.54, 1.807) is 37.6 Å². The van der Waals surface area contributed by atoms with Gasteiger partial charge in [-0.05, 0) is 37.3 Å². The number of aromatic nitrogens is 1. The number of para-hydroxylation sites is 1. The molecule has 1 amide bonds. The molecule has 2 aromatic carbocycles. The summed E-state index contributed by atoms with van der Waals surface area (Å²) >= 11 is 0. The zero-order valence-corrected chi connectivity index (χ0v) is 13.7. The van der Waals surface area contributed by atoms with Crippen LogP contribution in [0.15, 0.2) is 59.8 Å². The van der Waals surface area contributed by atoms with Crippen molar-refractivity contribution in [2.75, 3.05) is 7.11 Å². The maximum absolute atomic E-state index is 12.1. The van der Waals surface area contributed by atoms with Crippen LogP contribution in [-0.4, -0.2) is 23.8 Å². The van der Waals surface area contributed by atoms with E-state index in [1.807, 2.05) is 24.4 Å². The van der Waals surface area contributed by atoms with Gasteiger partial charge in [0.25, 0.3) is 5.91 Å². The van der Waals surface area contributed by atoms with Crippen molar-refractivity contribution >= 4 is 23.0 Å². The Hall–Kier alpha value is -3.08. The van der Waals surface area contributed by atoms with Crippen molar-refractivity contribution in [1.29, 1.82) is 0 Å². The number of amides is 1. The van der Waals surface area contributed by atoms with E-state index < -0.39 is 0 Å². The van der Waals surface area contributed by atoms with Gasteiger partial charge < -0.3 is 9.30 Å². The lowest BCUT2D eigenvalue weighted by Gasteiger charge is -2.01. The molecule has 3 aromatic rings. The zero-order chi connectivity index (χ0) is 16.9. The van der Waals surface area contributed by atoms with E-state index in [0.29, 0.717) is 11.3 Å². The fourth-order valence-corrected chi connectivity index (χ4v) is 2.61. The Kier molecular flexibility index (Phi) is 4.61. The molecular weight excluding hydrogens is 302 g/mol. The molecule has 0 unspecified atom stereocenters. The SMILES string of the molecule is CCn1cc(/C=N/NC(=O)c2ccc(OC)cc2)c2ccccc21. The molecule has 0 aliphatic carbocycles. The number of rotatable bonds is 5. The number of ether oxygens (including phenoxy) is 1. The zero-order valence-electron chi connectivity index (χ0n) is 13.7. The molecule has 5 heteroatoms. The summed E-state index contributed by atoms with van der Waals surface area (Å²) < 4.78 is 7.23. The third kappa shape index (κ3) is 3.15. The van der Waals surface area contributed by atoms with E-state index in [9.17, 15) is 4.79 Å². The molecule has 0 bridgehead atoms. The van der Waals surface area contributed by atoms with Gasteiger partial charge in [0.1, 0.15) is 5.75 Å². The number of carbonyl (C=O) groups is 1. The second kappa shape index (κ2) is 7.00. The van der Waals surface area contributed by atoms with Crippen LogP contribution in [0.1, 0.15) is 22.8 Å². The molecule has 0 saturated heterocycles. The number of methoxy groups -OCH3 is 1. The maximum Gasteiger partial charge on any atom is 0.271 e. The Morgan fingerprint density at radius 2 is 1.96 bits per heavy atom. The van der Waals surface area contributed by atoms with Gasteiger partial charge in [0, 0.05) is 34.8 Å². The molecule has 0 saturated carbocycles. The molecule has 1 aromatic heterocycles. The van der Waals surface area contributed by atoms with E-state index in [4.69, 9.17) is 4.74 Å². The Balaban J connectivity index is 1.75. The van der Waals surface area contributed by atoms with E-state index >= 15 is 0 Å². The maximum atomic E-state index is 12.1. The molecule has 0 aliphatic heterocycles. The van der Waals surface area contributed by atoms with Crippen LogP contribution in [-0.2, 0) is 6.54 Å². The smallest absolute Gasteiger partial charge is 0.271 e. The highest BCUT2D eigenvalue weighted by Gasteiger charge is 2.06. The summed E-state index contributed by atoms with van der Waals surface area (Å²) in [5.41, 5.74) is 5.22. The molecule has 24 heavy (non-hydrogen) atoms. The molecule has 0 aliphatic rings. The van der Waals surface area contributed by atoms with Gasteiger partial charge in [-0.3, -0.25) is 4.79 Å². The number of hydrogen-bond acceptors (Lipinski definition) is 3. The van der Waals surface area contributed by atoms with E-state index in [2.05, 4.69) is 28.1 Å². The van der Waals surface area contributed by atoms with Crippen LogP contribution < -0.4 is 10.2 Å². The minimum absolute atomic E-state index is 0.256. The molecule has 5 nitrogen and oxygen atoms in total. The highest BCUT2D eigenvalue weighted by Crippen LogP contribution is 2.19. The van der Waals surface area contributed by atoms with Crippen LogP contribution in [0.3, 0.4) is 0 Å². The van der Waals surface area contributed by atoms with Gasteiger partial charge in [0.2, 0.25) is 0 Å². The lowest BCUT2D eigenvalue weighted by atomic mass is 10.2.